The molecule has 2 saturated heterocycles. The van der Waals surface area contributed by atoms with Gasteiger partial charge in [0.25, 0.3) is 0 Å². The molecule has 1 aromatic heterocycles. The highest BCUT2D eigenvalue weighted by Gasteiger charge is 2.40. The van der Waals surface area contributed by atoms with E-state index in [1.54, 1.807) is 12.7 Å². The minimum Gasteiger partial charge on any atom is -0.342 e. The second-order valence-corrected chi connectivity index (χ2v) is 6.36. The van der Waals surface area contributed by atoms with Gasteiger partial charge in [0.2, 0.25) is 5.91 Å². The first-order valence-corrected chi connectivity index (χ1v) is 7.50. The van der Waals surface area contributed by atoms with Gasteiger partial charge in [0, 0.05) is 26.2 Å². The Kier molecular flexibility index (Phi) is 3.74. The van der Waals surface area contributed by atoms with Crippen molar-refractivity contribution in [2.24, 2.45) is 11.3 Å². The van der Waals surface area contributed by atoms with Crippen molar-refractivity contribution < 1.29 is 4.79 Å². The van der Waals surface area contributed by atoms with Gasteiger partial charge < -0.3 is 10.2 Å². The van der Waals surface area contributed by atoms with E-state index in [4.69, 9.17) is 0 Å². The van der Waals surface area contributed by atoms with Gasteiger partial charge in [-0.05, 0) is 38.6 Å². The summed E-state index contributed by atoms with van der Waals surface area (Å²) in [6.45, 7) is 6.49. The molecule has 0 aromatic carbocycles. The summed E-state index contributed by atoms with van der Waals surface area (Å²) in [5, 5.41) is 7.47. The standard InChI is InChI=1S/C14H23N5O/c1-14(4-5-15-9-14)13(20)18-6-2-3-12(7-18)8-19-11-16-10-17-19/h10-12,15H,2-9H2,1H3/t12-,14+/m1/s1. The predicted molar refractivity (Wildman–Crippen MR) is 74.9 cm³/mol. The minimum atomic E-state index is -0.199. The van der Waals surface area contributed by atoms with Crippen molar-refractivity contribution in [1.29, 1.82) is 0 Å². The number of aromatic nitrogens is 3. The van der Waals surface area contributed by atoms with E-state index >= 15 is 0 Å². The number of amides is 1. The Balaban J connectivity index is 1.61. The molecule has 110 valence electrons. The van der Waals surface area contributed by atoms with Crippen LogP contribution in [0.2, 0.25) is 0 Å². The fourth-order valence-electron chi connectivity index (χ4n) is 3.37. The molecular formula is C14H23N5O. The van der Waals surface area contributed by atoms with Crippen molar-refractivity contribution in [3.63, 3.8) is 0 Å². The average Bonchev–Trinajstić information content (AvgIpc) is 3.11. The van der Waals surface area contributed by atoms with Crippen LogP contribution in [-0.2, 0) is 11.3 Å². The van der Waals surface area contributed by atoms with Crippen molar-refractivity contribution in [2.45, 2.75) is 32.7 Å². The van der Waals surface area contributed by atoms with E-state index in [2.05, 4.69) is 27.2 Å². The lowest BCUT2D eigenvalue weighted by molar-refractivity contribution is -0.142. The molecule has 0 unspecified atom stereocenters. The van der Waals surface area contributed by atoms with Crippen LogP contribution >= 0.6 is 0 Å². The van der Waals surface area contributed by atoms with E-state index in [1.807, 2.05) is 4.68 Å². The summed E-state index contributed by atoms with van der Waals surface area (Å²) in [4.78, 5) is 18.8. The molecule has 3 heterocycles. The highest BCUT2D eigenvalue weighted by Crippen LogP contribution is 2.29. The Labute approximate surface area is 119 Å². The van der Waals surface area contributed by atoms with Crippen LogP contribution < -0.4 is 5.32 Å². The van der Waals surface area contributed by atoms with E-state index in [9.17, 15) is 4.79 Å². The Bertz CT molecular complexity index is 452. The Hall–Kier alpha value is -1.43. The van der Waals surface area contributed by atoms with Crippen LogP contribution in [-0.4, -0.2) is 51.8 Å². The molecule has 2 aliphatic rings. The number of likely N-dealkylation sites (tertiary alicyclic amines) is 1. The first kappa shape index (κ1) is 13.5. The molecule has 2 atom stereocenters. The lowest BCUT2D eigenvalue weighted by Gasteiger charge is -2.37. The molecule has 0 aliphatic carbocycles. The SMILES string of the molecule is C[C@]1(C(=O)N2CCC[C@@H](Cn3cncn3)C2)CCNC1. The fourth-order valence-corrected chi connectivity index (χ4v) is 3.37. The third kappa shape index (κ3) is 2.70. The van der Waals surface area contributed by atoms with Gasteiger partial charge >= 0.3 is 0 Å². The van der Waals surface area contributed by atoms with Crippen LogP contribution in [0.3, 0.4) is 0 Å². The number of carbonyl (C=O) groups is 1. The maximum Gasteiger partial charge on any atom is 0.229 e. The van der Waals surface area contributed by atoms with Crippen molar-refractivity contribution in [2.75, 3.05) is 26.2 Å². The number of nitrogens with one attached hydrogen (secondary N) is 1. The summed E-state index contributed by atoms with van der Waals surface area (Å²) in [6.07, 6.45) is 6.53. The van der Waals surface area contributed by atoms with E-state index in [-0.39, 0.29) is 5.41 Å². The Morgan fingerprint density at radius 1 is 1.55 bits per heavy atom. The first-order chi connectivity index (χ1) is 9.67. The molecule has 3 rings (SSSR count). The smallest absolute Gasteiger partial charge is 0.229 e. The first-order valence-electron chi connectivity index (χ1n) is 7.50. The fraction of sp³-hybridized carbons (Fsp3) is 0.786. The molecule has 0 spiro atoms. The topological polar surface area (TPSA) is 63.1 Å². The molecule has 6 heteroatoms. The van der Waals surface area contributed by atoms with E-state index in [1.165, 1.54) is 6.42 Å². The second-order valence-electron chi connectivity index (χ2n) is 6.36. The zero-order valence-electron chi connectivity index (χ0n) is 12.1. The molecule has 1 amide bonds. The molecule has 0 bridgehead atoms. The van der Waals surface area contributed by atoms with Gasteiger partial charge in [-0.15, -0.1) is 0 Å². The van der Waals surface area contributed by atoms with Crippen molar-refractivity contribution >= 4 is 5.91 Å². The molecule has 1 aromatic rings. The quantitative estimate of drug-likeness (QED) is 0.875. The monoisotopic (exact) mass is 277 g/mol. The van der Waals surface area contributed by atoms with Gasteiger partial charge in [-0.25, -0.2) is 4.98 Å². The summed E-state index contributed by atoms with van der Waals surface area (Å²) < 4.78 is 1.87. The lowest BCUT2D eigenvalue weighted by atomic mass is 9.86. The number of hydrogen-bond donors (Lipinski definition) is 1. The third-order valence-electron chi connectivity index (χ3n) is 4.60. The molecule has 0 radical (unpaired) electrons. The van der Waals surface area contributed by atoms with Crippen LogP contribution in [0, 0.1) is 11.3 Å². The Morgan fingerprint density at radius 3 is 3.15 bits per heavy atom. The average molecular weight is 277 g/mol. The molecule has 1 N–H and O–H groups in total. The van der Waals surface area contributed by atoms with E-state index < -0.39 is 0 Å². The van der Waals surface area contributed by atoms with Gasteiger partial charge in [-0.2, -0.15) is 5.10 Å². The van der Waals surface area contributed by atoms with Crippen LogP contribution in [0.15, 0.2) is 12.7 Å². The number of piperidine rings is 1. The van der Waals surface area contributed by atoms with Crippen LogP contribution in [0.1, 0.15) is 26.2 Å². The Morgan fingerprint density at radius 2 is 2.45 bits per heavy atom. The summed E-state index contributed by atoms with van der Waals surface area (Å²) in [6, 6.07) is 0. The predicted octanol–water partition coefficient (Wildman–Crippen LogP) is 0.516. The van der Waals surface area contributed by atoms with Crippen molar-refractivity contribution in [1.82, 2.24) is 25.0 Å². The van der Waals surface area contributed by atoms with E-state index in [0.29, 0.717) is 11.8 Å². The number of hydrogen-bond acceptors (Lipinski definition) is 4. The minimum absolute atomic E-state index is 0.199. The third-order valence-corrected chi connectivity index (χ3v) is 4.60. The van der Waals surface area contributed by atoms with Crippen LogP contribution in [0.25, 0.3) is 0 Å². The normalized spacial score (nSPS) is 30.6. The molecule has 0 saturated carbocycles. The molecular weight excluding hydrogens is 254 g/mol. The highest BCUT2D eigenvalue weighted by atomic mass is 16.2. The maximum atomic E-state index is 12.7. The molecule has 20 heavy (non-hydrogen) atoms. The van der Waals surface area contributed by atoms with Gasteiger partial charge in [-0.3, -0.25) is 9.48 Å². The summed E-state index contributed by atoms with van der Waals surface area (Å²) in [5.74, 6) is 0.818. The van der Waals surface area contributed by atoms with Crippen molar-refractivity contribution in [3.8, 4) is 0 Å². The summed E-state index contributed by atoms with van der Waals surface area (Å²) >= 11 is 0. The number of nitrogens with zero attached hydrogens (tertiary/aromatic N) is 4. The second kappa shape index (κ2) is 5.52. The van der Waals surface area contributed by atoms with Gasteiger partial charge in [0.1, 0.15) is 12.7 Å². The van der Waals surface area contributed by atoms with Crippen LogP contribution in [0.4, 0.5) is 0 Å². The van der Waals surface area contributed by atoms with Crippen molar-refractivity contribution in [3.05, 3.63) is 12.7 Å². The van der Waals surface area contributed by atoms with E-state index in [0.717, 1.165) is 45.6 Å². The van der Waals surface area contributed by atoms with Gasteiger partial charge in [0.05, 0.1) is 5.41 Å². The van der Waals surface area contributed by atoms with Gasteiger partial charge in [0.15, 0.2) is 0 Å². The summed E-state index contributed by atoms with van der Waals surface area (Å²) in [7, 11) is 0. The zero-order chi connectivity index (χ0) is 14.0. The largest absolute Gasteiger partial charge is 0.342 e. The molecule has 2 aliphatic heterocycles. The molecule has 2 fully saturated rings. The molecule has 6 nitrogen and oxygen atoms in total. The number of carbonyl (C=O) groups excluding carboxylic acids is 1. The summed E-state index contributed by atoms with van der Waals surface area (Å²) in [5.41, 5.74) is -0.199. The number of rotatable bonds is 3. The zero-order valence-corrected chi connectivity index (χ0v) is 12.1. The maximum absolute atomic E-state index is 12.7. The highest BCUT2D eigenvalue weighted by molar-refractivity contribution is 5.83. The van der Waals surface area contributed by atoms with Crippen LogP contribution in [0.5, 0.6) is 0 Å². The lowest BCUT2D eigenvalue weighted by Crippen LogP contribution is -2.48. The van der Waals surface area contributed by atoms with Gasteiger partial charge in [-0.1, -0.05) is 0 Å².